The summed E-state index contributed by atoms with van der Waals surface area (Å²) >= 11 is 0. The minimum atomic E-state index is -0.558. The van der Waals surface area contributed by atoms with Crippen LogP contribution in [0.2, 0.25) is 0 Å². The van der Waals surface area contributed by atoms with Crippen molar-refractivity contribution in [2.45, 2.75) is 52.3 Å². The van der Waals surface area contributed by atoms with Crippen LogP contribution in [0.25, 0.3) is 0 Å². The van der Waals surface area contributed by atoms with Gasteiger partial charge in [-0.15, -0.1) is 0 Å². The van der Waals surface area contributed by atoms with E-state index in [1.54, 1.807) is 24.1 Å². The van der Waals surface area contributed by atoms with E-state index in [1.165, 1.54) is 0 Å². The third-order valence-electron chi connectivity index (χ3n) is 4.63. The van der Waals surface area contributed by atoms with Gasteiger partial charge in [-0.25, -0.2) is 4.79 Å². The van der Waals surface area contributed by atoms with E-state index in [9.17, 15) is 14.4 Å². The Morgan fingerprint density at radius 3 is 2.37 bits per heavy atom. The molecule has 0 radical (unpaired) electrons. The van der Waals surface area contributed by atoms with Crippen molar-refractivity contribution in [3.05, 3.63) is 35.4 Å². The van der Waals surface area contributed by atoms with Gasteiger partial charge in [0.1, 0.15) is 5.60 Å². The predicted octanol–water partition coefficient (Wildman–Crippen LogP) is 2.31. The highest BCUT2D eigenvalue weighted by Gasteiger charge is 2.39. The van der Waals surface area contributed by atoms with E-state index in [0.29, 0.717) is 25.1 Å². The molecule has 0 aromatic heterocycles. The van der Waals surface area contributed by atoms with Crippen molar-refractivity contribution in [1.29, 1.82) is 0 Å². The highest BCUT2D eigenvalue weighted by Crippen LogP contribution is 2.26. The van der Waals surface area contributed by atoms with Gasteiger partial charge in [0.2, 0.25) is 5.91 Å². The molecule has 1 fully saturated rings. The first kappa shape index (κ1) is 20.7. The van der Waals surface area contributed by atoms with Crippen molar-refractivity contribution in [3.8, 4) is 0 Å². The van der Waals surface area contributed by atoms with Gasteiger partial charge in [0.15, 0.2) is 0 Å². The molecule has 0 unspecified atom stereocenters. The van der Waals surface area contributed by atoms with Crippen LogP contribution < -0.4 is 10.6 Å². The fraction of sp³-hybridized carbons (Fsp3) is 0.550. The molecule has 1 saturated heterocycles. The quantitative estimate of drug-likeness (QED) is 0.845. The number of benzene rings is 1. The Kier molecular flexibility index (Phi) is 6.46. The Bertz CT molecular complexity index is 694. The van der Waals surface area contributed by atoms with E-state index >= 15 is 0 Å². The molecule has 27 heavy (non-hydrogen) atoms. The molecule has 3 amide bonds. The summed E-state index contributed by atoms with van der Waals surface area (Å²) in [4.78, 5) is 38.0. The van der Waals surface area contributed by atoms with Crippen LogP contribution in [0.3, 0.4) is 0 Å². The summed E-state index contributed by atoms with van der Waals surface area (Å²) in [6.45, 7) is 8.23. The number of ether oxygens (including phenoxy) is 1. The monoisotopic (exact) mass is 375 g/mol. The maximum atomic E-state index is 12.5. The lowest BCUT2D eigenvalue weighted by Gasteiger charge is -2.28. The van der Waals surface area contributed by atoms with Crippen LogP contribution in [0.4, 0.5) is 4.79 Å². The van der Waals surface area contributed by atoms with Gasteiger partial charge in [-0.05, 0) is 51.8 Å². The highest BCUT2D eigenvalue weighted by molar-refractivity contribution is 5.93. The molecule has 2 atom stereocenters. The van der Waals surface area contributed by atoms with Crippen molar-refractivity contribution in [3.63, 3.8) is 0 Å². The number of hydrogen-bond acceptors (Lipinski definition) is 4. The molecule has 1 aromatic carbocycles. The molecule has 7 nitrogen and oxygen atoms in total. The lowest BCUT2D eigenvalue weighted by Crippen LogP contribution is -2.43. The number of carbonyl (C=O) groups is 3. The maximum absolute atomic E-state index is 12.5. The molecule has 0 spiro atoms. The first-order chi connectivity index (χ1) is 12.6. The van der Waals surface area contributed by atoms with Crippen LogP contribution in [0.1, 0.15) is 50.0 Å². The Balaban J connectivity index is 1.89. The van der Waals surface area contributed by atoms with Crippen molar-refractivity contribution < 1.29 is 19.1 Å². The fourth-order valence-electron chi connectivity index (χ4n) is 3.11. The zero-order valence-electron chi connectivity index (χ0n) is 16.7. The standard InChI is InChI=1S/C20H29N3O4/c1-13-16(10-11-23(13)19(26)27-20(2,3)4)18(25)22-12-14-6-8-15(9-7-14)17(24)21-5/h6-9,13,16H,10-12H2,1-5H3,(H,21,24)(H,22,25)/t13-,16-/m1/s1. The molecular formula is C20H29N3O4. The molecule has 148 valence electrons. The van der Waals surface area contributed by atoms with Crippen molar-refractivity contribution in [1.82, 2.24) is 15.5 Å². The SMILES string of the molecule is CNC(=O)c1ccc(CNC(=O)[C@@H]2CCN(C(=O)OC(C)(C)C)[C@@H]2C)cc1. The van der Waals surface area contributed by atoms with Gasteiger partial charge in [0, 0.05) is 31.7 Å². The molecule has 1 aliphatic heterocycles. The normalized spacial score (nSPS) is 19.5. The summed E-state index contributed by atoms with van der Waals surface area (Å²) in [7, 11) is 1.58. The smallest absolute Gasteiger partial charge is 0.410 e. The summed E-state index contributed by atoms with van der Waals surface area (Å²) < 4.78 is 5.41. The summed E-state index contributed by atoms with van der Waals surface area (Å²) in [5.74, 6) is -0.487. The van der Waals surface area contributed by atoms with Crippen LogP contribution in [-0.2, 0) is 16.1 Å². The Morgan fingerprint density at radius 1 is 1.19 bits per heavy atom. The molecule has 1 aromatic rings. The van der Waals surface area contributed by atoms with Gasteiger partial charge in [-0.1, -0.05) is 12.1 Å². The van der Waals surface area contributed by atoms with Crippen LogP contribution >= 0.6 is 0 Å². The third kappa shape index (κ3) is 5.45. The zero-order chi connectivity index (χ0) is 20.2. The number of hydrogen-bond donors (Lipinski definition) is 2. The van der Waals surface area contributed by atoms with E-state index in [2.05, 4.69) is 10.6 Å². The molecule has 0 bridgehead atoms. The van der Waals surface area contributed by atoms with Gasteiger partial charge in [-0.2, -0.15) is 0 Å². The molecule has 1 heterocycles. The number of rotatable bonds is 4. The van der Waals surface area contributed by atoms with Crippen LogP contribution in [0.15, 0.2) is 24.3 Å². The largest absolute Gasteiger partial charge is 0.444 e. The van der Waals surface area contributed by atoms with E-state index < -0.39 is 5.60 Å². The molecule has 2 rings (SSSR count). The lowest BCUT2D eigenvalue weighted by molar-refractivity contribution is -0.125. The van der Waals surface area contributed by atoms with Crippen LogP contribution in [0, 0.1) is 5.92 Å². The summed E-state index contributed by atoms with van der Waals surface area (Å²) in [6.07, 6.45) is 0.233. The van der Waals surface area contributed by atoms with Crippen molar-refractivity contribution in [2.24, 2.45) is 5.92 Å². The second-order valence-corrected chi connectivity index (χ2v) is 7.80. The number of likely N-dealkylation sites (tertiary alicyclic amines) is 1. The van der Waals surface area contributed by atoms with E-state index in [0.717, 1.165) is 5.56 Å². The molecule has 0 saturated carbocycles. The van der Waals surface area contributed by atoms with Gasteiger partial charge in [0.05, 0.1) is 5.92 Å². The molecule has 2 N–H and O–H groups in total. The van der Waals surface area contributed by atoms with Gasteiger partial charge in [-0.3, -0.25) is 9.59 Å². The second-order valence-electron chi connectivity index (χ2n) is 7.80. The predicted molar refractivity (Wildman–Crippen MR) is 102 cm³/mol. The number of amides is 3. The molecule has 1 aliphatic rings. The Labute approximate surface area is 160 Å². The van der Waals surface area contributed by atoms with Crippen molar-refractivity contribution in [2.75, 3.05) is 13.6 Å². The van der Waals surface area contributed by atoms with Crippen LogP contribution in [0.5, 0.6) is 0 Å². The zero-order valence-corrected chi connectivity index (χ0v) is 16.7. The number of nitrogens with one attached hydrogen (secondary N) is 2. The first-order valence-electron chi connectivity index (χ1n) is 9.20. The highest BCUT2D eigenvalue weighted by atomic mass is 16.6. The minimum absolute atomic E-state index is 0.0797. The number of nitrogens with zero attached hydrogens (tertiary/aromatic N) is 1. The van der Waals surface area contributed by atoms with Gasteiger partial charge >= 0.3 is 6.09 Å². The third-order valence-corrected chi connectivity index (χ3v) is 4.63. The molecular weight excluding hydrogens is 346 g/mol. The summed E-state index contributed by atoms with van der Waals surface area (Å²) in [5, 5.41) is 5.49. The second kappa shape index (κ2) is 8.41. The Morgan fingerprint density at radius 2 is 1.81 bits per heavy atom. The maximum Gasteiger partial charge on any atom is 0.410 e. The molecule has 0 aliphatic carbocycles. The Hall–Kier alpha value is -2.57. The fourth-order valence-corrected chi connectivity index (χ4v) is 3.11. The topological polar surface area (TPSA) is 87.7 Å². The van der Waals surface area contributed by atoms with E-state index in [4.69, 9.17) is 4.74 Å². The molecule has 7 heteroatoms. The summed E-state index contributed by atoms with van der Waals surface area (Å²) in [5.41, 5.74) is 0.925. The minimum Gasteiger partial charge on any atom is -0.444 e. The van der Waals surface area contributed by atoms with E-state index in [1.807, 2.05) is 39.8 Å². The average molecular weight is 375 g/mol. The van der Waals surface area contributed by atoms with E-state index in [-0.39, 0.29) is 29.9 Å². The lowest BCUT2D eigenvalue weighted by atomic mass is 10.0. The van der Waals surface area contributed by atoms with Crippen LogP contribution in [-0.4, -0.2) is 48.0 Å². The van der Waals surface area contributed by atoms with Gasteiger partial charge in [0.25, 0.3) is 5.91 Å². The van der Waals surface area contributed by atoms with Crippen molar-refractivity contribution >= 4 is 17.9 Å². The first-order valence-corrected chi connectivity index (χ1v) is 9.20. The summed E-state index contributed by atoms with van der Waals surface area (Å²) in [6, 6.07) is 6.87. The number of carbonyl (C=O) groups excluding carboxylic acids is 3. The van der Waals surface area contributed by atoms with Gasteiger partial charge < -0.3 is 20.3 Å². The average Bonchev–Trinajstić information content (AvgIpc) is 2.99.